The molecule has 0 aliphatic carbocycles. The Morgan fingerprint density at radius 1 is 1.15 bits per heavy atom. The fourth-order valence-electron chi connectivity index (χ4n) is 3.24. The van der Waals surface area contributed by atoms with Crippen LogP contribution in [0.2, 0.25) is 5.02 Å². The predicted molar refractivity (Wildman–Crippen MR) is 103 cm³/mol. The Hall–Kier alpha value is -2.99. The van der Waals surface area contributed by atoms with Crippen LogP contribution < -0.4 is 4.90 Å². The Morgan fingerprint density at radius 2 is 1.89 bits per heavy atom. The molecule has 27 heavy (non-hydrogen) atoms. The average molecular weight is 381 g/mol. The first-order valence-corrected chi connectivity index (χ1v) is 9.08. The molecule has 1 aliphatic rings. The Labute approximate surface area is 161 Å². The summed E-state index contributed by atoms with van der Waals surface area (Å²) in [6.07, 6.45) is 4.55. The second kappa shape index (κ2) is 7.32. The van der Waals surface area contributed by atoms with Crippen LogP contribution in [0.15, 0.2) is 48.8 Å². The number of anilines is 1. The molecule has 1 amide bonds. The third-order valence-electron chi connectivity index (χ3n) is 4.66. The molecule has 3 aromatic rings. The quantitative estimate of drug-likeness (QED) is 0.748. The molecule has 0 saturated heterocycles. The van der Waals surface area contributed by atoms with E-state index in [0.29, 0.717) is 41.5 Å². The standard InChI is InChI=1S/C20H17ClN4O2/c21-15-4-1-13(2-5-15)3-6-17(27)25-12-9-16(26)18-19(23-24-20(18)25)14-7-10-22-11-8-14/h1-2,4-5,7-8,10-11H,3,6,9,12H2,(H,23,24). The normalized spacial score (nSPS) is 13.5. The number of aryl methyl sites for hydroxylation is 1. The zero-order chi connectivity index (χ0) is 18.8. The van der Waals surface area contributed by atoms with E-state index in [-0.39, 0.29) is 18.1 Å². The number of ketones is 1. The van der Waals surface area contributed by atoms with Gasteiger partial charge in [-0.05, 0) is 36.2 Å². The van der Waals surface area contributed by atoms with Gasteiger partial charge in [-0.2, -0.15) is 5.10 Å². The fraction of sp³-hybridized carbons (Fsp3) is 0.200. The van der Waals surface area contributed by atoms with E-state index in [4.69, 9.17) is 11.6 Å². The van der Waals surface area contributed by atoms with Crippen molar-refractivity contribution in [3.05, 3.63) is 64.9 Å². The number of amides is 1. The average Bonchev–Trinajstić information content (AvgIpc) is 3.14. The predicted octanol–water partition coefficient (Wildman–Crippen LogP) is 3.68. The summed E-state index contributed by atoms with van der Waals surface area (Å²) in [4.78, 5) is 30.9. The van der Waals surface area contributed by atoms with Gasteiger partial charge >= 0.3 is 0 Å². The highest BCUT2D eigenvalue weighted by Crippen LogP contribution is 2.33. The third kappa shape index (κ3) is 3.48. The number of hydrogen-bond acceptors (Lipinski definition) is 4. The monoisotopic (exact) mass is 380 g/mol. The second-order valence-corrected chi connectivity index (χ2v) is 6.81. The number of fused-ring (bicyclic) bond motifs is 1. The van der Waals surface area contributed by atoms with E-state index in [1.807, 2.05) is 36.4 Å². The van der Waals surface area contributed by atoms with Crippen molar-refractivity contribution in [2.24, 2.45) is 0 Å². The summed E-state index contributed by atoms with van der Waals surface area (Å²) < 4.78 is 0. The molecule has 136 valence electrons. The maximum Gasteiger partial charge on any atom is 0.228 e. The van der Waals surface area contributed by atoms with Gasteiger partial charge in [-0.3, -0.25) is 24.6 Å². The van der Waals surface area contributed by atoms with Crippen LogP contribution >= 0.6 is 11.6 Å². The number of benzene rings is 1. The maximum absolute atomic E-state index is 12.8. The van der Waals surface area contributed by atoms with Crippen molar-refractivity contribution < 1.29 is 9.59 Å². The molecular weight excluding hydrogens is 364 g/mol. The number of H-pyrrole nitrogens is 1. The molecule has 0 spiro atoms. The lowest BCUT2D eigenvalue weighted by atomic mass is 9.99. The molecule has 3 heterocycles. The van der Waals surface area contributed by atoms with Gasteiger partial charge in [-0.25, -0.2) is 0 Å². The lowest BCUT2D eigenvalue weighted by Gasteiger charge is -2.25. The number of carbonyl (C=O) groups excluding carboxylic acids is 2. The zero-order valence-corrected chi connectivity index (χ0v) is 15.2. The van der Waals surface area contributed by atoms with E-state index in [2.05, 4.69) is 15.2 Å². The van der Waals surface area contributed by atoms with Crippen molar-refractivity contribution in [1.82, 2.24) is 15.2 Å². The van der Waals surface area contributed by atoms with Gasteiger partial charge in [-0.1, -0.05) is 23.7 Å². The van der Waals surface area contributed by atoms with Crippen LogP contribution in [0.1, 0.15) is 28.8 Å². The Morgan fingerprint density at radius 3 is 2.63 bits per heavy atom. The number of Topliss-reactive ketones (excluding diaryl/α,β-unsaturated/α-hetero) is 1. The van der Waals surface area contributed by atoms with E-state index in [1.54, 1.807) is 17.3 Å². The first-order valence-electron chi connectivity index (χ1n) is 8.70. The number of rotatable bonds is 4. The lowest BCUT2D eigenvalue weighted by Crippen LogP contribution is -2.37. The van der Waals surface area contributed by atoms with Crippen molar-refractivity contribution in [3.8, 4) is 11.3 Å². The molecule has 4 rings (SSSR count). The zero-order valence-electron chi connectivity index (χ0n) is 14.5. The van der Waals surface area contributed by atoms with Crippen molar-refractivity contribution in [1.29, 1.82) is 0 Å². The van der Waals surface area contributed by atoms with Gasteiger partial charge in [0.15, 0.2) is 11.6 Å². The number of pyridine rings is 1. The molecule has 0 atom stereocenters. The highest BCUT2D eigenvalue weighted by Gasteiger charge is 2.32. The minimum absolute atomic E-state index is 0.00712. The van der Waals surface area contributed by atoms with Crippen LogP contribution in [0.25, 0.3) is 11.3 Å². The molecule has 2 aromatic heterocycles. The Balaban J connectivity index is 1.56. The highest BCUT2D eigenvalue weighted by atomic mass is 35.5. The summed E-state index contributed by atoms with van der Waals surface area (Å²) in [5, 5.41) is 7.87. The van der Waals surface area contributed by atoms with Crippen molar-refractivity contribution in [2.75, 3.05) is 11.4 Å². The maximum atomic E-state index is 12.8. The first kappa shape index (κ1) is 17.4. The van der Waals surface area contributed by atoms with E-state index >= 15 is 0 Å². The fourth-order valence-corrected chi connectivity index (χ4v) is 3.37. The number of aromatic nitrogens is 3. The van der Waals surface area contributed by atoms with Crippen LogP contribution in [0, 0.1) is 0 Å². The highest BCUT2D eigenvalue weighted by molar-refractivity contribution is 6.30. The molecule has 1 aliphatic heterocycles. The molecule has 1 N–H and O–H groups in total. The van der Waals surface area contributed by atoms with Gasteiger partial charge in [0.05, 0.1) is 11.3 Å². The van der Waals surface area contributed by atoms with Gasteiger partial charge < -0.3 is 0 Å². The molecule has 0 saturated carbocycles. The largest absolute Gasteiger partial charge is 0.294 e. The smallest absolute Gasteiger partial charge is 0.228 e. The van der Waals surface area contributed by atoms with Crippen molar-refractivity contribution in [2.45, 2.75) is 19.3 Å². The van der Waals surface area contributed by atoms with Crippen molar-refractivity contribution in [3.63, 3.8) is 0 Å². The van der Waals surface area contributed by atoms with Crippen LogP contribution in [-0.2, 0) is 11.2 Å². The van der Waals surface area contributed by atoms with E-state index in [1.165, 1.54) is 0 Å². The van der Waals surface area contributed by atoms with Gasteiger partial charge in [0.25, 0.3) is 0 Å². The summed E-state index contributed by atoms with van der Waals surface area (Å²) in [5.41, 5.74) is 2.98. The minimum Gasteiger partial charge on any atom is -0.294 e. The first-order chi connectivity index (χ1) is 13.1. The van der Waals surface area contributed by atoms with Crippen molar-refractivity contribution >= 4 is 29.1 Å². The molecular formula is C20H17ClN4O2. The molecule has 7 heteroatoms. The molecule has 0 fully saturated rings. The number of carbonyl (C=O) groups is 2. The van der Waals surface area contributed by atoms with Gasteiger partial charge in [0.1, 0.15) is 0 Å². The summed E-state index contributed by atoms with van der Waals surface area (Å²) >= 11 is 5.90. The molecule has 1 aromatic carbocycles. The van der Waals surface area contributed by atoms with E-state index < -0.39 is 0 Å². The van der Waals surface area contributed by atoms with E-state index in [0.717, 1.165) is 11.1 Å². The summed E-state index contributed by atoms with van der Waals surface area (Å²) in [6.45, 7) is 0.353. The SMILES string of the molecule is O=C1CCN(C(=O)CCc2ccc(Cl)cc2)c2n[nH]c(-c3ccncc3)c21. The number of halogens is 1. The second-order valence-electron chi connectivity index (χ2n) is 6.38. The van der Waals surface area contributed by atoms with E-state index in [9.17, 15) is 9.59 Å². The number of aromatic amines is 1. The van der Waals surface area contributed by atoms with Crippen LogP contribution in [0.3, 0.4) is 0 Å². The van der Waals surface area contributed by atoms with Gasteiger partial charge in [0.2, 0.25) is 5.91 Å². The van der Waals surface area contributed by atoms with Crippen LogP contribution in [-0.4, -0.2) is 33.4 Å². The Kier molecular flexibility index (Phi) is 4.73. The molecule has 0 unspecified atom stereocenters. The number of nitrogens with one attached hydrogen (secondary N) is 1. The van der Waals surface area contributed by atoms with Gasteiger partial charge in [-0.15, -0.1) is 0 Å². The minimum atomic E-state index is -0.0496. The Bertz CT molecular complexity index is 983. The third-order valence-corrected chi connectivity index (χ3v) is 4.91. The van der Waals surface area contributed by atoms with Gasteiger partial charge in [0, 0.05) is 42.4 Å². The molecule has 6 nitrogen and oxygen atoms in total. The summed E-state index contributed by atoms with van der Waals surface area (Å²) in [6, 6.07) is 11.1. The van der Waals surface area contributed by atoms with Crippen LogP contribution in [0.5, 0.6) is 0 Å². The molecule has 0 radical (unpaired) electrons. The van der Waals surface area contributed by atoms with Crippen LogP contribution in [0.4, 0.5) is 5.82 Å². The topological polar surface area (TPSA) is 79.0 Å². The summed E-state index contributed by atoms with van der Waals surface area (Å²) in [5.74, 6) is 0.359. The lowest BCUT2D eigenvalue weighted by molar-refractivity contribution is -0.118. The molecule has 0 bridgehead atoms. The number of hydrogen-bond donors (Lipinski definition) is 1. The summed E-state index contributed by atoms with van der Waals surface area (Å²) in [7, 11) is 0. The number of nitrogens with zero attached hydrogens (tertiary/aromatic N) is 3.